The van der Waals surface area contributed by atoms with Gasteiger partial charge in [0.05, 0.1) is 13.3 Å². The second kappa shape index (κ2) is 7.38. The average Bonchev–Trinajstić information content (AvgIpc) is 3.25. The Balaban J connectivity index is 1.58. The number of ether oxygens (including phenoxy) is 1. The maximum atomic E-state index is 5.24. The molecule has 2 heterocycles. The van der Waals surface area contributed by atoms with Gasteiger partial charge in [0.1, 0.15) is 5.75 Å². The SMILES string of the molecule is CN=C(NCc1cnn(C)c1)N1CCC(c2ccc(OC)cc2)C1. The summed E-state index contributed by atoms with van der Waals surface area (Å²) >= 11 is 0. The molecule has 1 aliphatic rings. The van der Waals surface area contributed by atoms with Gasteiger partial charge >= 0.3 is 0 Å². The Morgan fingerprint density at radius 2 is 2.17 bits per heavy atom. The summed E-state index contributed by atoms with van der Waals surface area (Å²) < 4.78 is 7.05. The van der Waals surface area contributed by atoms with E-state index in [0.29, 0.717) is 5.92 Å². The van der Waals surface area contributed by atoms with Crippen molar-refractivity contribution in [3.8, 4) is 5.75 Å². The first-order valence-corrected chi connectivity index (χ1v) is 8.26. The number of aliphatic imine (C=N–C) groups is 1. The van der Waals surface area contributed by atoms with Crippen LogP contribution in [0.5, 0.6) is 5.75 Å². The quantitative estimate of drug-likeness (QED) is 0.689. The third kappa shape index (κ3) is 3.69. The number of methoxy groups -OCH3 is 1. The van der Waals surface area contributed by atoms with Crippen molar-refractivity contribution in [3.63, 3.8) is 0 Å². The normalized spacial score (nSPS) is 18.0. The van der Waals surface area contributed by atoms with Gasteiger partial charge < -0.3 is 15.0 Å². The van der Waals surface area contributed by atoms with Gasteiger partial charge in [-0.1, -0.05) is 12.1 Å². The first kappa shape index (κ1) is 16.4. The highest BCUT2D eigenvalue weighted by Gasteiger charge is 2.26. The second-order valence-electron chi connectivity index (χ2n) is 6.13. The van der Waals surface area contributed by atoms with Gasteiger partial charge in [0.15, 0.2) is 5.96 Å². The zero-order valence-corrected chi connectivity index (χ0v) is 14.6. The molecule has 0 amide bonds. The lowest BCUT2D eigenvalue weighted by atomic mass is 9.98. The van der Waals surface area contributed by atoms with Crippen molar-refractivity contribution in [1.29, 1.82) is 0 Å². The van der Waals surface area contributed by atoms with E-state index in [-0.39, 0.29) is 0 Å². The minimum atomic E-state index is 0.535. The molecule has 1 atom stereocenters. The van der Waals surface area contributed by atoms with Gasteiger partial charge in [-0.3, -0.25) is 9.67 Å². The summed E-state index contributed by atoms with van der Waals surface area (Å²) in [6.45, 7) is 2.74. The van der Waals surface area contributed by atoms with Crippen molar-refractivity contribution in [3.05, 3.63) is 47.8 Å². The van der Waals surface area contributed by atoms with Crippen molar-refractivity contribution >= 4 is 5.96 Å². The lowest BCUT2D eigenvalue weighted by Gasteiger charge is -2.21. The molecule has 1 aromatic carbocycles. The lowest BCUT2D eigenvalue weighted by Crippen LogP contribution is -2.39. The molecule has 1 unspecified atom stereocenters. The number of benzene rings is 1. The fraction of sp³-hybridized carbons (Fsp3) is 0.444. The second-order valence-corrected chi connectivity index (χ2v) is 6.13. The molecule has 1 fully saturated rings. The van der Waals surface area contributed by atoms with Gasteiger partial charge in [0.2, 0.25) is 0 Å². The van der Waals surface area contributed by atoms with E-state index in [0.717, 1.165) is 43.3 Å². The predicted octanol–water partition coefficient (Wildman–Crippen LogP) is 1.99. The van der Waals surface area contributed by atoms with Crippen LogP contribution in [0.3, 0.4) is 0 Å². The summed E-state index contributed by atoms with van der Waals surface area (Å²) in [4.78, 5) is 6.76. The van der Waals surface area contributed by atoms with Crippen LogP contribution in [0.1, 0.15) is 23.5 Å². The van der Waals surface area contributed by atoms with Crippen molar-refractivity contribution in [2.24, 2.45) is 12.0 Å². The van der Waals surface area contributed by atoms with Gasteiger partial charge in [0.25, 0.3) is 0 Å². The predicted molar refractivity (Wildman–Crippen MR) is 95.3 cm³/mol. The molecule has 1 N–H and O–H groups in total. The van der Waals surface area contributed by atoms with Crippen LogP contribution in [0.4, 0.5) is 0 Å². The molecule has 0 spiro atoms. The van der Waals surface area contributed by atoms with Crippen LogP contribution in [0.2, 0.25) is 0 Å². The number of hydrogen-bond donors (Lipinski definition) is 1. The van der Waals surface area contributed by atoms with E-state index >= 15 is 0 Å². The van der Waals surface area contributed by atoms with Crippen molar-refractivity contribution < 1.29 is 4.74 Å². The Labute approximate surface area is 143 Å². The summed E-state index contributed by atoms with van der Waals surface area (Å²) in [6, 6.07) is 8.40. The zero-order valence-electron chi connectivity index (χ0n) is 14.6. The maximum absolute atomic E-state index is 5.24. The first-order valence-electron chi connectivity index (χ1n) is 8.26. The van der Waals surface area contributed by atoms with Gasteiger partial charge in [-0.2, -0.15) is 5.10 Å². The van der Waals surface area contributed by atoms with Crippen LogP contribution in [0, 0.1) is 0 Å². The van der Waals surface area contributed by atoms with E-state index in [9.17, 15) is 0 Å². The van der Waals surface area contributed by atoms with E-state index in [1.54, 1.807) is 7.11 Å². The molecule has 3 rings (SSSR count). The molecule has 24 heavy (non-hydrogen) atoms. The van der Waals surface area contributed by atoms with Crippen LogP contribution in [-0.4, -0.2) is 47.9 Å². The highest BCUT2D eigenvalue weighted by molar-refractivity contribution is 5.80. The van der Waals surface area contributed by atoms with Gasteiger partial charge in [-0.15, -0.1) is 0 Å². The average molecular weight is 327 g/mol. The van der Waals surface area contributed by atoms with Crippen molar-refractivity contribution in [2.75, 3.05) is 27.2 Å². The molecule has 1 aliphatic heterocycles. The molecule has 6 nitrogen and oxygen atoms in total. The number of aryl methyl sites for hydroxylation is 1. The molecule has 0 aliphatic carbocycles. The van der Waals surface area contributed by atoms with Crippen molar-refractivity contribution in [1.82, 2.24) is 20.0 Å². The van der Waals surface area contributed by atoms with Crippen LogP contribution in [0.25, 0.3) is 0 Å². The van der Waals surface area contributed by atoms with Gasteiger partial charge in [-0.05, 0) is 24.1 Å². The molecule has 0 radical (unpaired) electrons. The fourth-order valence-electron chi connectivity index (χ4n) is 3.18. The molecular formula is C18H25N5O. The Morgan fingerprint density at radius 1 is 1.38 bits per heavy atom. The zero-order chi connectivity index (χ0) is 16.9. The monoisotopic (exact) mass is 327 g/mol. The van der Waals surface area contributed by atoms with Crippen molar-refractivity contribution in [2.45, 2.75) is 18.9 Å². The highest BCUT2D eigenvalue weighted by Crippen LogP contribution is 2.28. The number of nitrogens with zero attached hydrogens (tertiary/aromatic N) is 4. The fourth-order valence-corrected chi connectivity index (χ4v) is 3.18. The highest BCUT2D eigenvalue weighted by atomic mass is 16.5. The van der Waals surface area contributed by atoms with Crippen LogP contribution in [-0.2, 0) is 13.6 Å². The van der Waals surface area contributed by atoms with E-state index in [1.165, 1.54) is 5.56 Å². The molecule has 128 valence electrons. The smallest absolute Gasteiger partial charge is 0.193 e. The standard InChI is InChI=1S/C18H25N5O/c1-19-18(20-10-14-11-21-22(2)12-14)23-9-8-16(13-23)15-4-6-17(24-3)7-5-15/h4-7,11-12,16H,8-10,13H2,1-3H3,(H,19,20). The number of likely N-dealkylation sites (tertiary alicyclic amines) is 1. The molecular weight excluding hydrogens is 302 g/mol. The molecule has 1 aromatic heterocycles. The lowest BCUT2D eigenvalue weighted by molar-refractivity contribution is 0.414. The third-order valence-electron chi connectivity index (χ3n) is 4.50. The first-order chi connectivity index (χ1) is 11.7. The molecule has 0 saturated carbocycles. The molecule has 6 heteroatoms. The largest absolute Gasteiger partial charge is 0.497 e. The summed E-state index contributed by atoms with van der Waals surface area (Å²) in [6.07, 6.45) is 5.04. The van der Waals surface area contributed by atoms with Crippen LogP contribution < -0.4 is 10.1 Å². The Morgan fingerprint density at radius 3 is 2.79 bits per heavy atom. The number of guanidine groups is 1. The molecule has 0 bridgehead atoms. The van der Waals surface area contributed by atoms with E-state index in [1.807, 2.05) is 43.3 Å². The number of aromatic nitrogens is 2. The van der Waals surface area contributed by atoms with Gasteiger partial charge in [0, 0.05) is 51.4 Å². The Kier molecular flexibility index (Phi) is 5.03. The summed E-state index contributed by atoms with van der Waals surface area (Å²) in [7, 11) is 5.47. The topological polar surface area (TPSA) is 54.7 Å². The molecule has 2 aromatic rings. The minimum absolute atomic E-state index is 0.535. The number of nitrogens with one attached hydrogen (secondary N) is 1. The number of hydrogen-bond acceptors (Lipinski definition) is 3. The van der Waals surface area contributed by atoms with E-state index in [2.05, 4.69) is 32.4 Å². The summed E-state index contributed by atoms with van der Waals surface area (Å²) in [5.41, 5.74) is 2.52. The molecule has 1 saturated heterocycles. The Bertz CT molecular complexity index is 692. The number of rotatable bonds is 4. The maximum Gasteiger partial charge on any atom is 0.193 e. The minimum Gasteiger partial charge on any atom is -0.497 e. The third-order valence-corrected chi connectivity index (χ3v) is 4.50. The van der Waals surface area contributed by atoms with Crippen LogP contribution in [0.15, 0.2) is 41.7 Å². The Hall–Kier alpha value is -2.50. The van der Waals surface area contributed by atoms with E-state index in [4.69, 9.17) is 4.74 Å². The van der Waals surface area contributed by atoms with Gasteiger partial charge in [-0.25, -0.2) is 0 Å². The summed E-state index contributed by atoms with van der Waals surface area (Å²) in [5, 5.41) is 7.63. The van der Waals surface area contributed by atoms with E-state index < -0.39 is 0 Å². The summed E-state index contributed by atoms with van der Waals surface area (Å²) in [5.74, 6) is 2.39. The van der Waals surface area contributed by atoms with Crippen LogP contribution >= 0.6 is 0 Å².